The second-order valence-electron chi connectivity index (χ2n) is 8.61. The first-order valence-electron chi connectivity index (χ1n) is 11.2. The summed E-state index contributed by atoms with van der Waals surface area (Å²) in [6.45, 7) is 5.85. The molecule has 1 unspecified atom stereocenters. The van der Waals surface area contributed by atoms with E-state index >= 15 is 0 Å². The zero-order valence-electron chi connectivity index (χ0n) is 19.5. The van der Waals surface area contributed by atoms with Crippen molar-refractivity contribution in [2.24, 2.45) is 0 Å². The Morgan fingerprint density at radius 1 is 1.09 bits per heavy atom. The summed E-state index contributed by atoms with van der Waals surface area (Å²) in [5.41, 5.74) is 5.94. The third-order valence-electron chi connectivity index (χ3n) is 6.13. The minimum Gasteiger partial charge on any atom is -0.483 e. The molecule has 0 radical (unpaired) electrons. The molecule has 1 heterocycles. The van der Waals surface area contributed by atoms with Crippen molar-refractivity contribution in [1.29, 1.82) is 0 Å². The Balaban J connectivity index is 1.52. The second kappa shape index (κ2) is 9.79. The second-order valence-corrected chi connectivity index (χ2v) is 9.72. The van der Waals surface area contributed by atoms with Crippen LogP contribution in [0, 0.1) is 20.8 Å². The summed E-state index contributed by atoms with van der Waals surface area (Å²) < 4.78 is 10.9. The van der Waals surface area contributed by atoms with Crippen LogP contribution in [0.15, 0.2) is 42.5 Å². The molecule has 1 aliphatic rings. The number of aryl methyl sites for hydroxylation is 3. The highest BCUT2D eigenvalue weighted by Gasteiger charge is 2.30. The van der Waals surface area contributed by atoms with E-state index in [1.165, 1.54) is 24.0 Å². The molecule has 1 aliphatic carbocycles. The zero-order chi connectivity index (χ0) is 23.5. The van der Waals surface area contributed by atoms with Crippen molar-refractivity contribution < 1.29 is 19.1 Å². The van der Waals surface area contributed by atoms with Gasteiger partial charge in [-0.25, -0.2) is 4.79 Å². The van der Waals surface area contributed by atoms with E-state index in [9.17, 15) is 9.59 Å². The predicted octanol–water partition coefficient (Wildman–Crippen LogP) is 5.75. The number of fused-ring (bicyclic) bond motifs is 1. The largest absolute Gasteiger partial charge is 0.483 e. The van der Waals surface area contributed by atoms with Crippen LogP contribution in [0.5, 0.6) is 5.75 Å². The number of nitrogens with one attached hydrogen (secondary N) is 1. The third-order valence-corrected chi connectivity index (χ3v) is 7.30. The molecule has 33 heavy (non-hydrogen) atoms. The van der Waals surface area contributed by atoms with Crippen LogP contribution < -0.4 is 10.1 Å². The highest BCUT2D eigenvalue weighted by Crippen LogP contribution is 2.42. The molecule has 2 aromatic carbocycles. The minimum absolute atomic E-state index is 0.124. The quantitative estimate of drug-likeness (QED) is 0.473. The van der Waals surface area contributed by atoms with E-state index in [0.717, 1.165) is 52.1 Å². The molecule has 0 bridgehead atoms. The number of thiophene rings is 1. The Bertz CT molecular complexity index is 1160. The minimum atomic E-state index is -0.410. The molecule has 4 rings (SSSR count). The monoisotopic (exact) mass is 463 g/mol. The number of methoxy groups -OCH3 is 1. The van der Waals surface area contributed by atoms with E-state index in [1.54, 1.807) is 0 Å². The number of benzene rings is 2. The standard InChI is InChI=1S/C27H29NO4S/c1-16-12-17(2)25(18(3)13-16)32-15-23(29)28-26-24(27(30)31-4)21-11-10-20(14-22(21)33-26)19-8-6-5-7-9-19/h5-9,12-13,20H,10-11,14-15H2,1-4H3,(H,28,29). The average molecular weight is 464 g/mol. The number of amides is 1. The van der Waals surface area contributed by atoms with Crippen LogP contribution in [0.1, 0.15) is 55.4 Å². The molecule has 172 valence electrons. The van der Waals surface area contributed by atoms with Gasteiger partial charge in [-0.15, -0.1) is 11.3 Å². The summed E-state index contributed by atoms with van der Waals surface area (Å²) in [6.07, 6.45) is 2.59. The highest BCUT2D eigenvalue weighted by atomic mass is 32.1. The van der Waals surface area contributed by atoms with E-state index in [0.29, 0.717) is 16.5 Å². The molecular weight excluding hydrogens is 434 g/mol. The number of carbonyl (C=O) groups is 2. The van der Waals surface area contributed by atoms with Gasteiger partial charge in [0.2, 0.25) is 0 Å². The van der Waals surface area contributed by atoms with Gasteiger partial charge in [-0.1, -0.05) is 48.0 Å². The molecule has 0 saturated heterocycles. The molecule has 3 aromatic rings. The fourth-order valence-corrected chi connectivity index (χ4v) is 6.03. The van der Waals surface area contributed by atoms with E-state index < -0.39 is 5.97 Å². The summed E-state index contributed by atoms with van der Waals surface area (Å²) in [5, 5.41) is 3.46. The maximum atomic E-state index is 12.8. The number of esters is 1. The first kappa shape index (κ1) is 23.1. The number of rotatable bonds is 6. The first-order chi connectivity index (χ1) is 15.9. The van der Waals surface area contributed by atoms with Crippen LogP contribution in [0.3, 0.4) is 0 Å². The first-order valence-corrected chi connectivity index (χ1v) is 12.0. The average Bonchev–Trinajstić information content (AvgIpc) is 3.15. The Labute approximate surface area is 198 Å². The fraction of sp³-hybridized carbons (Fsp3) is 0.333. The van der Waals surface area contributed by atoms with Crippen molar-refractivity contribution in [3.05, 3.63) is 80.7 Å². The topological polar surface area (TPSA) is 64.6 Å². The van der Waals surface area contributed by atoms with Gasteiger partial charge >= 0.3 is 5.97 Å². The number of hydrogen-bond donors (Lipinski definition) is 1. The molecule has 6 heteroatoms. The van der Waals surface area contributed by atoms with Gasteiger partial charge in [0.05, 0.1) is 12.7 Å². The van der Waals surface area contributed by atoms with E-state index in [4.69, 9.17) is 9.47 Å². The van der Waals surface area contributed by atoms with Crippen LogP contribution in [0.2, 0.25) is 0 Å². The van der Waals surface area contributed by atoms with Gasteiger partial charge in [0.25, 0.3) is 5.91 Å². The van der Waals surface area contributed by atoms with Gasteiger partial charge in [0.15, 0.2) is 6.61 Å². The highest BCUT2D eigenvalue weighted by molar-refractivity contribution is 7.17. The fourth-order valence-electron chi connectivity index (χ4n) is 4.70. The smallest absolute Gasteiger partial charge is 0.341 e. The van der Waals surface area contributed by atoms with E-state index in [1.807, 2.05) is 39.0 Å². The number of carbonyl (C=O) groups excluding carboxylic acids is 2. The third kappa shape index (κ3) is 4.96. The van der Waals surface area contributed by atoms with Crippen LogP contribution in [0.25, 0.3) is 0 Å². The lowest BCUT2D eigenvalue weighted by Gasteiger charge is -2.22. The molecule has 1 N–H and O–H groups in total. The summed E-state index contributed by atoms with van der Waals surface area (Å²) in [7, 11) is 1.37. The Morgan fingerprint density at radius 3 is 2.45 bits per heavy atom. The lowest BCUT2D eigenvalue weighted by atomic mass is 9.83. The summed E-state index contributed by atoms with van der Waals surface area (Å²) >= 11 is 1.47. The maximum absolute atomic E-state index is 12.8. The molecule has 1 aromatic heterocycles. The Kier molecular flexibility index (Phi) is 6.84. The summed E-state index contributed by atoms with van der Waals surface area (Å²) in [5.74, 6) is 0.423. The molecule has 0 fully saturated rings. The van der Waals surface area contributed by atoms with Crippen molar-refractivity contribution >= 4 is 28.2 Å². The van der Waals surface area contributed by atoms with Gasteiger partial charge < -0.3 is 14.8 Å². The van der Waals surface area contributed by atoms with Crippen LogP contribution >= 0.6 is 11.3 Å². The molecule has 1 atom stereocenters. The van der Waals surface area contributed by atoms with Crippen molar-refractivity contribution in [2.45, 2.75) is 46.0 Å². The van der Waals surface area contributed by atoms with Crippen LogP contribution in [0.4, 0.5) is 5.00 Å². The number of anilines is 1. The molecule has 0 spiro atoms. The number of hydrogen-bond acceptors (Lipinski definition) is 5. The maximum Gasteiger partial charge on any atom is 0.341 e. The van der Waals surface area contributed by atoms with Crippen molar-refractivity contribution in [3.8, 4) is 5.75 Å². The molecular formula is C27H29NO4S. The van der Waals surface area contributed by atoms with Crippen molar-refractivity contribution in [3.63, 3.8) is 0 Å². The SMILES string of the molecule is COC(=O)c1c(NC(=O)COc2c(C)cc(C)cc2C)sc2c1CCC(c1ccccc1)C2. The van der Waals surface area contributed by atoms with Gasteiger partial charge in [-0.3, -0.25) is 4.79 Å². The van der Waals surface area contributed by atoms with Crippen molar-refractivity contribution in [1.82, 2.24) is 0 Å². The molecule has 0 saturated carbocycles. The van der Waals surface area contributed by atoms with Gasteiger partial charge in [0, 0.05) is 4.88 Å². The van der Waals surface area contributed by atoms with E-state index in [-0.39, 0.29) is 12.5 Å². The summed E-state index contributed by atoms with van der Waals surface area (Å²) in [4.78, 5) is 26.5. The van der Waals surface area contributed by atoms with Crippen LogP contribution in [-0.2, 0) is 22.4 Å². The van der Waals surface area contributed by atoms with Gasteiger partial charge in [-0.05, 0) is 68.2 Å². The van der Waals surface area contributed by atoms with E-state index in [2.05, 4.69) is 29.6 Å². The van der Waals surface area contributed by atoms with Gasteiger partial charge in [-0.2, -0.15) is 0 Å². The molecule has 0 aliphatic heterocycles. The summed E-state index contributed by atoms with van der Waals surface area (Å²) in [6, 6.07) is 14.5. The van der Waals surface area contributed by atoms with Crippen molar-refractivity contribution in [2.75, 3.05) is 19.0 Å². The molecule has 1 amide bonds. The number of ether oxygens (including phenoxy) is 2. The predicted molar refractivity (Wildman–Crippen MR) is 132 cm³/mol. The normalized spacial score (nSPS) is 15.0. The Morgan fingerprint density at radius 2 is 1.79 bits per heavy atom. The Hall–Kier alpha value is -3.12. The zero-order valence-corrected chi connectivity index (χ0v) is 20.3. The van der Waals surface area contributed by atoms with Gasteiger partial charge in [0.1, 0.15) is 10.8 Å². The lowest BCUT2D eigenvalue weighted by Crippen LogP contribution is -2.21. The lowest BCUT2D eigenvalue weighted by molar-refractivity contribution is -0.118. The van der Waals surface area contributed by atoms with Crippen LogP contribution in [-0.4, -0.2) is 25.6 Å². The molecule has 5 nitrogen and oxygen atoms in total.